The standard InChI is InChI=1S/C13H16N2O4S/c1-8-13(10(3)19-14-8)9(2)15-20(17,18)12-7-5-4-6-11(12)16/h4-7,9,15-16H,1-3H3. The molecule has 2 aromatic rings. The molecule has 20 heavy (non-hydrogen) atoms. The molecule has 6 nitrogen and oxygen atoms in total. The zero-order valence-electron chi connectivity index (χ0n) is 11.4. The molecule has 0 saturated heterocycles. The van der Waals surface area contributed by atoms with E-state index < -0.39 is 16.1 Å². The molecular formula is C13H16N2O4S. The van der Waals surface area contributed by atoms with Crippen LogP contribution in [0.5, 0.6) is 5.75 Å². The molecule has 0 bridgehead atoms. The van der Waals surface area contributed by atoms with Crippen LogP contribution in [0.1, 0.15) is 30.0 Å². The van der Waals surface area contributed by atoms with E-state index in [-0.39, 0.29) is 10.6 Å². The number of aromatic nitrogens is 1. The summed E-state index contributed by atoms with van der Waals surface area (Å²) in [5, 5.41) is 13.4. The zero-order valence-corrected chi connectivity index (χ0v) is 12.2. The lowest BCUT2D eigenvalue weighted by atomic mass is 10.1. The van der Waals surface area contributed by atoms with Crippen molar-refractivity contribution in [2.24, 2.45) is 0 Å². The average molecular weight is 296 g/mol. The Kier molecular flexibility index (Phi) is 3.82. The number of aromatic hydroxyl groups is 1. The summed E-state index contributed by atoms with van der Waals surface area (Å²) in [5.41, 5.74) is 1.33. The van der Waals surface area contributed by atoms with Gasteiger partial charge in [0, 0.05) is 11.6 Å². The predicted molar refractivity (Wildman–Crippen MR) is 72.8 cm³/mol. The van der Waals surface area contributed by atoms with Gasteiger partial charge in [-0.25, -0.2) is 13.1 Å². The lowest BCUT2D eigenvalue weighted by Gasteiger charge is -2.14. The molecule has 2 N–H and O–H groups in total. The number of para-hydroxylation sites is 1. The lowest BCUT2D eigenvalue weighted by Crippen LogP contribution is -2.27. The quantitative estimate of drug-likeness (QED) is 0.900. The van der Waals surface area contributed by atoms with Crippen LogP contribution in [0.3, 0.4) is 0 Å². The SMILES string of the molecule is Cc1noc(C)c1C(C)NS(=O)(=O)c1ccccc1O. The van der Waals surface area contributed by atoms with Crippen LogP contribution in [0, 0.1) is 13.8 Å². The van der Waals surface area contributed by atoms with Gasteiger partial charge < -0.3 is 9.63 Å². The highest BCUT2D eigenvalue weighted by atomic mass is 32.2. The number of nitrogens with one attached hydrogen (secondary N) is 1. The molecule has 0 spiro atoms. The van der Waals surface area contributed by atoms with Crippen molar-refractivity contribution in [3.05, 3.63) is 41.3 Å². The van der Waals surface area contributed by atoms with E-state index >= 15 is 0 Å². The molecule has 0 aliphatic heterocycles. The van der Waals surface area contributed by atoms with E-state index in [1.165, 1.54) is 12.1 Å². The summed E-state index contributed by atoms with van der Waals surface area (Å²) in [6, 6.07) is 5.28. The van der Waals surface area contributed by atoms with E-state index in [0.717, 1.165) is 0 Å². The van der Waals surface area contributed by atoms with E-state index in [1.807, 2.05) is 0 Å². The summed E-state index contributed by atoms with van der Waals surface area (Å²) in [6.45, 7) is 5.17. The van der Waals surface area contributed by atoms with Crippen molar-refractivity contribution in [1.82, 2.24) is 9.88 Å². The van der Waals surface area contributed by atoms with Gasteiger partial charge in [0.1, 0.15) is 16.4 Å². The maximum atomic E-state index is 12.3. The molecule has 2 rings (SSSR count). The van der Waals surface area contributed by atoms with Crippen molar-refractivity contribution in [2.75, 3.05) is 0 Å². The number of benzene rings is 1. The highest BCUT2D eigenvalue weighted by molar-refractivity contribution is 7.89. The molecular weight excluding hydrogens is 280 g/mol. The smallest absolute Gasteiger partial charge is 0.244 e. The number of nitrogens with zero attached hydrogens (tertiary/aromatic N) is 1. The van der Waals surface area contributed by atoms with Crippen molar-refractivity contribution < 1.29 is 18.0 Å². The summed E-state index contributed by atoms with van der Waals surface area (Å²) in [5.74, 6) is 0.279. The third-order valence-corrected chi connectivity index (χ3v) is 4.60. The molecule has 1 atom stereocenters. The molecule has 0 aliphatic carbocycles. The van der Waals surface area contributed by atoms with Crippen LogP contribution >= 0.6 is 0 Å². The highest BCUT2D eigenvalue weighted by Crippen LogP contribution is 2.26. The summed E-state index contributed by atoms with van der Waals surface area (Å²) >= 11 is 0. The van der Waals surface area contributed by atoms with Crippen LogP contribution in [-0.4, -0.2) is 18.7 Å². The van der Waals surface area contributed by atoms with Crippen molar-refractivity contribution in [2.45, 2.75) is 31.7 Å². The van der Waals surface area contributed by atoms with Gasteiger partial charge in [-0.15, -0.1) is 0 Å². The molecule has 1 aromatic heterocycles. The van der Waals surface area contributed by atoms with Gasteiger partial charge in [-0.1, -0.05) is 17.3 Å². The summed E-state index contributed by atoms with van der Waals surface area (Å²) in [4.78, 5) is -0.154. The largest absolute Gasteiger partial charge is 0.507 e. The molecule has 7 heteroatoms. The first-order valence-electron chi connectivity index (χ1n) is 6.06. The van der Waals surface area contributed by atoms with Crippen LogP contribution in [0.2, 0.25) is 0 Å². The van der Waals surface area contributed by atoms with Crippen molar-refractivity contribution in [3.63, 3.8) is 0 Å². The summed E-state index contributed by atoms with van der Waals surface area (Å²) in [6.07, 6.45) is 0. The third kappa shape index (κ3) is 2.68. The second-order valence-corrected chi connectivity index (χ2v) is 6.23. The van der Waals surface area contributed by atoms with Crippen LogP contribution in [0.25, 0.3) is 0 Å². The average Bonchev–Trinajstić information content (AvgIpc) is 2.68. The Morgan fingerprint density at radius 1 is 1.30 bits per heavy atom. The number of hydrogen-bond acceptors (Lipinski definition) is 5. The minimum absolute atomic E-state index is 0.154. The van der Waals surface area contributed by atoms with E-state index in [9.17, 15) is 13.5 Å². The van der Waals surface area contributed by atoms with Crippen LogP contribution < -0.4 is 4.72 Å². The first-order chi connectivity index (χ1) is 9.33. The molecule has 0 amide bonds. The van der Waals surface area contributed by atoms with Crippen LogP contribution in [-0.2, 0) is 10.0 Å². The Hall–Kier alpha value is -1.86. The van der Waals surface area contributed by atoms with Gasteiger partial charge in [-0.2, -0.15) is 0 Å². The number of phenolic OH excluding ortho intramolecular Hbond substituents is 1. The third-order valence-electron chi connectivity index (χ3n) is 3.01. The van der Waals surface area contributed by atoms with E-state index in [2.05, 4.69) is 9.88 Å². The number of phenols is 1. The molecule has 1 heterocycles. The minimum atomic E-state index is -3.82. The van der Waals surface area contributed by atoms with Crippen molar-refractivity contribution >= 4 is 10.0 Å². The maximum absolute atomic E-state index is 12.3. The van der Waals surface area contributed by atoms with Gasteiger partial charge in [-0.05, 0) is 32.9 Å². The Balaban J connectivity index is 2.32. The van der Waals surface area contributed by atoms with Gasteiger partial charge in [0.05, 0.1) is 5.69 Å². The fourth-order valence-corrected chi connectivity index (χ4v) is 3.46. The Bertz CT molecular complexity index is 702. The molecule has 0 saturated carbocycles. The second-order valence-electron chi connectivity index (χ2n) is 4.55. The van der Waals surface area contributed by atoms with Crippen molar-refractivity contribution in [1.29, 1.82) is 0 Å². The fourth-order valence-electron chi connectivity index (χ4n) is 2.15. The number of rotatable bonds is 4. The molecule has 0 fully saturated rings. The van der Waals surface area contributed by atoms with Crippen molar-refractivity contribution in [3.8, 4) is 5.75 Å². The molecule has 1 unspecified atom stereocenters. The topological polar surface area (TPSA) is 92.4 Å². The van der Waals surface area contributed by atoms with E-state index in [4.69, 9.17) is 4.52 Å². The van der Waals surface area contributed by atoms with Gasteiger partial charge >= 0.3 is 0 Å². The molecule has 1 aromatic carbocycles. The Morgan fingerprint density at radius 2 is 1.95 bits per heavy atom. The van der Waals surface area contributed by atoms with E-state index in [1.54, 1.807) is 32.9 Å². The lowest BCUT2D eigenvalue weighted by molar-refractivity contribution is 0.391. The number of aryl methyl sites for hydroxylation is 2. The monoisotopic (exact) mass is 296 g/mol. The summed E-state index contributed by atoms with van der Waals surface area (Å²) in [7, 11) is -3.82. The molecule has 0 aliphatic rings. The van der Waals surface area contributed by atoms with Gasteiger partial charge in [0.15, 0.2) is 0 Å². The predicted octanol–water partition coefficient (Wildman–Crippen LogP) is 2.04. The van der Waals surface area contributed by atoms with Crippen LogP contribution in [0.15, 0.2) is 33.7 Å². The first-order valence-corrected chi connectivity index (χ1v) is 7.54. The van der Waals surface area contributed by atoms with Gasteiger partial charge in [-0.3, -0.25) is 0 Å². The maximum Gasteiger partial charge on any atom is 0.244 e. The van der Waals surface area contributed by atoms with Gasteiger partial charge in [0.2, 0.25) is 10.0 Å². The second kappa shape index (κ2) is 5.26. The Labute approximate surface area is 117 Å². The molecule has 108 valence electrons. The van der Waals surface area contributed by atoms with Gasteiger partial charge in [0.25, 0.3) is 0 Å². The normalized spacial score (nSPS) is 13.3. The van der Waals surface area contributed by atoms with Crippen LogP contribution in [0.4, 0.5) is 0 Å². The summed E-state index contributed by atoms with van der Waals surface area (Å²) < 4.78 is 32.1. The number of hydrogen-bond donors (Lipinski definition) is 2. The fraction of sp³-hybridized carbons (Fsp3) is 0.308. The highest BCUT2D eigenvalue weighted by Gasteiger charge is 2.24. The first kappa shape index (κ1) is 14.5. The minimum Gasteiger partial charge on any atom is -0.507 e. The number of sulfonamides is 1. The Morgan fingerprint density at radius 3 is 2.50 bits per heavy atom. The zero-order chi connectivity index (χ0) is 14.9. The van der Waals surface area contributed by atoms with E-state index in [0.29, 0.717) is 17.0 Å². The molecule has 0 radical (unpaired) electrons.